The first kappa shape index (κ1) is 15.8. The first-order chi connectivity index (χ1) is 10.1. The molecule has 2 atom stereocenters. The lowest BCUT2D eigenvalue weighted by Crippen LogP contribution is -2.28. The zero-order chi connectivity index (χ0) is 15.2. The fourth-order valence-corrected chi connectivity index (χ4v) is 2.47. The second-order valence-electron chi connectivity index (χ2n) is 5.57. The van der Waals surface area contributed by atoms with Crippen LogP contribution in [0.25, 0.3) is 0 Å². The Kier molecular flexibility index (Phi) is 5.59. The zero-order valence-electron chi connectivity index (χ0n) is 12.9. The maximum atomic E-state index is 12.4. The van der Waals surface area contributed by atoms with Crippen molar-refractivity contribution in [3.8, 4) is 5.75 Å². The molecule has 2 N–H and O–H groups in total. The molecule has 0 spiro atoms. The van der Waals surface area contributed by atoms with Crippen LogP contribution in [0.1, 0.15) is 12.5 Å². The Bertz CT molecular complexity index is 490. The molecule has 0 radical (unpaired) electrons. The van der Waals surface area contributed by atoms with E-state index in [2.05, 4.69) is 17.6 Å². The van der Waals surface area contributed by atoms with Gasteiger partial charge in [0, 0.05) is 13.7 Å². The van der Waals surface area contributed by atoms with E-state index in [0.717, 1.165) is 24.3 Å². The van der Waals surface area contributed by atoms with Crippen molar-refractivity contribution in [3.05, 3.63) is 23.8 Å². The first-order valence-electron chi connectivity index (χ1n) is 7.35. The first-order valence-corrected chi connectivity index (χ1v) is 7.35. The van der Waals surface area contributed by atoms with E-state index in [4.69, 9.17) is 9.47 Å². The van der Waals surface area contributed by atoms with Crippen molar-refractivity contribution >= 4 is 11.6 Å². The molecule has 1 fully saturated rings. The van der Waals surface area contributed by atoms with Gasteiger partial charge in [0.15, 0.2) is 0 Å². The monoisotopic (exact) mass is 292 g/mol. The Balaban J connectivity index is 2.05. The Morgan fingerprint density at radius 1 is 1.38 bits per heavy atom. The third kappa shape index (κ3) is 4.19. The molecular formula is C16H24N2O3. The smallest absolute Gasteiger partial charge is 0.229 e. The fraction of sp³-hybridized carbons (Fsp3) is 0.562. The van der Waals surface area contributed by atoms with Gasteiger partial charge in [-0.3, -0.25) is 4.79 Å². The molecule has 2 unspecified atom stereocenters. The largest absolute Gasteiger partial charge is 0.489 e. The van der Waals surface area contributed by atoms with Crippen molar-refractivity contribution in [2.75, 3.05) is 38.7 Å². The highest BCUT2D eigenvalue weighted by atomic mass is 16.5. The van der Waals surface area contributed by atoms with Gasteiger partial charge < -0.3 is 20.1 Å². The highest BCUT2D eigenvalue weighted by molar-refractivity contribution is 5.94. The van der Waals surface area contributed by atoms with Crippen LogP contribution in [0, 0.1) is 18.8 Å². The molecule has 0 aromatic heterocycles. The molecule has 1 saturated heterocycles. The maximum absolute atomic E-state index is 12.4. The van der Waals surface area contributed by atoms with Gasteiger partial charge in [0.05, 0.1) is 18.2 Å². The summed E-state index contributed by atoms with van der Waals surface area (Å²) in [6.07, 6.45) is 0. The number of benzene rings is 1. The summed E-state index contributed by atoms with van der Waals surface area (Å²) in [7, 11) is 1.64. The van der Waals surface area contributed by atoms with Crippen LogP contribution in [0.3, 0.4) is 0 Å². The Labute approximate surface area is 126 Å². The average molecular weight is 292 g/mol. The van der Waals surface area contributed by atoms with Crippen molar-refractivity contribution in [2.45, 2.75) is 13.8 Å². The van der Waals surface area contributed by atoms with Gasteiger partial charge in [-0.1, -0.05) is 13.0 Å². The summed E-state index contributed by atoms with van der Waals surface area (Å²) in [6, 6.07) is 5.79. The Hall–Kier alpha value is -1.59. The van der Waals surface area contributed by atoms with E-state index in [9.17, 15) is 4.79 Å². The number of nitrogens with one attached hydrogen (secondary N) is 2. The standard InChI is InChI=1S/C16H24N2O3/c1-11-4-5-14(15(8-11)21-7-6-20-3)18-16(19)13-10-17-9-12(13)2/h4-5,8,12-13,17H,6-7,9-10H2,1-3H3,(H,18,19). The summed E-state index contributed by atoms with van der Waals surface area (Å²) in [6.45, 7) is 6.70. The molecule has 1 amide bonds. The van der Waals surface area contributed by atoms with Crippen LogP contribution in [-0.2, 0) is 9.53 Å². The van der Waals surface area contributed by atoms with Gasteiger partial charge in [-0.2, -0.15) is 0 Å². The molecule has 116 valence electrons. The van der Waals surface area contributed by atoms with E-state index < -0.39 is 0 Å². The van der Waals surface area contributed by atoms with Crippen molar-refractivity contribution in [3.63, 3.8) is 0 Å². The third-order valence-corrected chi connectivity index (χ3v) is 3.79. The maximum Gasteiger partial charge on any atom is 0.229 e. The molecule has 1 aliphatic rings. The van der Waals surface area contributed by atoms with Gasteiger partial charge in [0.1, 0.15) is 12.4 Å². The quantitative estimate of drug-likeness (QED) is 0.785. The molecule has 0 aliphatic carbocycles. The molecule has 1 aromatic rings. The number of hydrogen-bond donors (Lipinski definition) is 2. The van der Waals surface area contributed by atoms with Crippen LogP contribution >= 0.6 is 0 Å². The number of methoxy groups -OCH3 is 1. The van der Waals surface area contributed by atoms with E-state index in [1.54, 1.807) is 7.11 Å². The molecule has 5 heteroatoms. The van der Waals surface area contributed by atoms with E-state index in [-0.39, 0.29) is 11.8 Å². The summed E-state index contributed by atoms with van der Waals surface area (Å²) in [5.41, 5.74) is 1.82. The minimum absolute atomic E-state index is 0.0122. The van der Waals surface area contributed by atoms with Crippen LogP contribution in [0.15, 0.2) is 18.2 Å². The average Bonchev–Trinajstić information content (AvgIpc) is 2.88. The van der Waals surface area contributed by atoms with Crippen molar-refractivity contribution in [1.82, 2.24) is 5.32 Å². The summed E-state index contributed by atoms with van der Waals surface area (Å²) >= 11 is 0. The number of amides is 1. The lowest BCUT2D eigenvalue weighted by molar-refractivity contribution is -0.120. The number of ether oxygens (including phenoxy) is 2. The molecule has 1 aliphatic heterocycles. The molecular weight excluding hydrogens is 268 g/mol. The van der Waals surface area contributed by atoms with Crippen LogP contribution in [0.4, 0.5) is 5.69 Å². The molecule has 1 heterocycles. The molecule has 5 nitrogen and oxygen atoms in total. The SMILES string of the molecule is COCCOc1cc(C)ccc1NC(=O)C1CNCC1C. The van der Waals surface area contributed by atoms with Crippen molar-refractivity contribution < 1.29 is 14.3 Å². The highest BCUT2D eigenvalue weighted by Crippen LogP contribution is 2.27. The van der Waals surface area contributed by atoms with Gasteiger partial charge >= 0.3 is 0 Å². The Morgan fingerprint density at radius 2 is 2.19 bits per heavy atom. The number of aryl methyl sites for hydroxylation is 1. The number of anilines is 1. The van der Waals surface area contributed by atoms with Gasteiger partial charge in [0.2, 0.25) is 5.91 Å². The van der Waals surface area contributed by atoms with E-state index in [1.807, 2.05) is 25.1 Å². The number of carbonyl (C=O) groups excluding carboxylic acids is 1. The zero-order valence-corrected chi connectivity index (χ0v) is 12.9. The molecule has 0 saturated carbocycles. The second-order valence-corrected chi connectivity index (χ2v) is 5.57. The van der Waals surface area contributed by atoms with E-state index in [1.165, 1.54) is 0 Å². The molecule has 2 rings (SSSR count). The normalized spacial score (nSPS) is 21.3. The van der Waals surface area contributed by atoms with Gasteiger partial charge in [0.25, 0.3) is 0 Å². The van der Waals surface area contributed by atoms with Gasteiger partial charge in [-0.25, -0.2) is 0 Å². The fourth-order valence-electron chi connectivity index (χ4n) is 2.47. The van der Waals surface area contributed by atoms with E-state index in [0.29, 0.717) is 24.9 Å². The van der Waals surface area contributed by atoms with Gasteiger partial charge in [-0.15, -0.1) is 0 Å². The van der Waals surface area contributed by atoms with Crippen LogP contribution < -0.4 is 15.4 Å². The Morgan fingerprint density at radius 3 is 2.86 bits per heavy atom. The lowest BCUT2D eigenvalue weighted by Gasteiger charge is -2.17. The predicted molar refractivity (Wildman–Crippen MR) is 82.7 cm³/mol. The second kappa shape index (κ2) is 7.43. The summed E-state index contributed by atoms with van der Waals surface area (Å²) in [5.74, 6) is 1.11. The topological polar surface area (TPSA) is 59.6 Å². The minimum atomic E-state index is 0.0122. The van der Waals surface area contributed by atoms with Crippen LogP contribution in [0.2, 0.25) is 0 Å². The number of carbonyl (C=O) groups is 1. The van der Waals surface area contributed by atoms with Crippen LogP contribution in [0.5, 0.6) is 5.75 Å². The van der Waals surface area contributed by atoms with Crippen molar-refractivity contribution in [1.29, 1.82) is 0 Å². The molecule has 21 heavy (non-hydrogen) atoms. The summed E-state index contributed by atoms with van der Waals surface area (Å²) in [4.78, 5) is 12.4. The number of hydrogen-bond acceptors (Lipinski definition) is 4. The summed E-state index contributed by atoms with van der Waals surface area (Å²) in [5, 5.41) is 6.24. The van der Waals surface area contributed by atoms with E-state index >= 15 is 0 Å². The third-order valence-electron chi connectivity index (χ3n) is 3.79. The number of rotatable bonds is 6. The lowest BCUT2D eigenvalue weighted by atomic mass is 9.97. The molecule has 0 bridgehead atoms. The highest BCUT2D eigenvalue weighted by Gasteiger charge is 2.29. The predicted octanol–water partition coefficient (Wildman–Crippen LogP) is 1.81. The minimum Gasteiger partial charge on any atom is -0.489 e. The summed E-state index contributed by atoms with van der Waals surface area (Å²) < 4.78 is 10.7. The van der Waals surface area contributed by atoms with Crippen molar-refractivity contribution in [2.24, 2.45) is 11.8 Å². The van der Waals surface area contributed by atoms with Crippen LogP contribution in [-0.4, -0.2) is 39.3 Å². The molecule has 1 aromatic carbocycles. The van der Waals surface area contributed by atoms with Gasteiger partial charge in [-0.05, 0) is 37.1 Å².